The van der Waals surface area contributed by atoms with Crippen LogP contribution in [0, 0.1) is 5.92 Å². The van der Waals surface area contributed by atoms with Crippen molar-refractivity contribution in [3.8, 4) is 11.4 Å². The van der Waals surface area contributed by atoms with Crippen molar-refractivity contribution in [3.63, 3.8) is 0 Å². The van der Waals surface area contributed by atoms with Gasteiger partial charge in [-0.15, -0.1) is 0 Å². The van der Waals surface area contributed by atoms with Gasteiger partial charge in [0.1, 0.15) is 11.8 Å². The Kier molecular flexibility index (Phi) is 4.00. The largest absolute Gasteiger partial charge is 0.382 e. The number of nitrogens with zero attached hydrogens (tertiary/aromatic N) is 4. The molecule has 24 heavy (non-hydrogen) atoms. The molecule has 7 nitrogen and oxygen atoms in total. The van der Waals surface area contributed by atoms with Crippen molar-refractivity contribution in [2.24, 2.45) is 13.0 Å². The molecule has 0 aromatic carbocycles. The van der Waals surface area contributed by atoms with Gasteiger partial charge in [0.15, 0.2) is 0 Å². The smallest absolute Gasteiger partial charge is 0.107 e. The first kappa shape index (κ1) is 14.9. The van der Waals surface area contributed by atoms with Crippen molar-refractivity contribution in [2.45, 2.75) is 12.5 Å². The number of rotatable bonds is 5. The van der Waals surface area contributed by atoms with Crippen molar-refractivity contribution in [2.75, 3.05) is 18.5 Å². The zero-order valence-corrected chi connectivity index (χ0v) is 13.5. The molecule has 0 radical (unpaired) electrons. The molecule has 4 heterocycles. The molecule has 1 fully saturated rings. The Bertz CT molecular complexity index is 796. The van der Waals surface area contributed by atoms with E-state index >= 15 is 0 Å². The molecule has 0 aliphatic carbocycles. The molecule has 3 aromatic rings. The summed E-state index contributed by atoms with van der Waals surface area (Å²) in [6.45, 7) is 1.59. The molecule has 7 heteroatoms. The molecular formula is C17H20N6O. The zero-order chi connectivity index (χ0) is 16.4. The van der Waals surface area contributed by atoms with Crippen LogP contribution in [0.3, 0.4) is 0 Å². The van der Waals surface area contributed by atoms with Gasteiger partial charge in [0.05, 0.1) is 23.3 Å². The third kappa shape index (κ3) is 2.78. The fourth-order valence-corrected chi connectivity index (χ4v) is 3.20. The number of aromatic amines is 1. The minimum atomic E-state index is 0.0789. The molecule has 0 bridgehead atoms. The summed E-state index contributed by atoms with van der Waals surface area (Å²) in [6, 6.07) is 7.87. The van der Waals surface area contributed by atoms with Crippen LogP contribution in [0.25, 0.3) is 11.4 Å². The van der Waals surface area contributed by atoms with E-state index in [0.29, 0.717) is 5.92 Å². The minimum Gasteiger partial charge on any atom is -0.382 e. The third-order valence-electron chi connectivity index (χ3n) is 4.48. The quantitative estimate of drug-likeness (QED) is 0.753. The average molecular weight is 324 g/mol. The Morgan fingerprint density at radius 2 is 2.29 bits per heavy atom. The lowest BCUT2D eigenvalue weighted by Crippen LogP contribution is -2.19. The van der Waals surface area contributed by atoms with Gasteiger partial charge in [-0.3, -0.25) is 14.8 Å². The number of aromatic nitrogens is 5. The lowest BCUT2D eigenvalue weighted by atomic mass is 9.99. The number of anilines is 1. The summed E-state index contributed by atoms with van der Waals surface area (Å²) in [4.78, 5) is 4.38. The first-order chi connectivity index (χ1) is 11.8. The monoisotopic (exact) mass is 324 g/mol. The molecule has 0 saturated carbocycles. The molecule has 0 amide bonds. The van der Waals surface area contributed by atoms with Crippen LogP contribution in [0.1, 0.15) is 18.2 Å². The van der Waals surface area contributed by atoms with Gasteiger partial charge < -0.3 is 10.1 Å². The summed E-state index contributed by atoms with van der Waals surface area (Å²) >= 11 is 0. The van der Waals surface area contributed by atoms with E-state index in [9.17, 15) is 0 Å². The Balaban J connectivity index is 1.48. The molecule has 1 saturated heterocycles. The second-order valence-corrected chi connectivity index (χ2v) is 5.97. The topological polar surface area (TPSA) is 80.6 Å². The highest BCUT2D eigenvalue weighted by molar-refractivity contribution is 5.70. The van der Waals surface area contributed by atoms with Crippen LogP contribution >= 0.6 is 0 Å². The first-order valence-corrected chi connectivity index (χ1v) is 8.11. The molecular weight excluding hydrogens is 304 g/mol. The fourth-order valence-electron chi connectivity index (χ4n) is 3.20. The van der Waals surface area contributed by atoms with Gasteiger partial charge in [-0.05, 0) is 24.6 Å². The van der Waals surface area contributed by atoms with E-state index in [4.69, 9.17) is 4.74 Å². The van der Waals surface area contributed by atoms with E-state index in [1.807, 2.05) is 42.2 Å². The van der Waals surface area contributed by atoms with Gasteiger partial charge in [-0.25, -0.2) is 0 Å². The molecule has 2 atom stereocenters. The second-order valence-electron chi connectivity index (χ2n) is 5.97. The maximum absolute atomic E-state index is 5.94. The molecule has 3 aromatic heterocycles. The lowest BCUT2D eigenvalue weighted by Gasteiger charge is -2.19. The number of nitrogens with one attached hydrogen (secondary N) is 2. The summed E-state index contributed by atoms with van der Waals surface area (Å²) in [5.41, 5.74) is 3.87. The van der Waals surface area contributed by atoms with Crippen LogP contribution < -0.4 is 5.32 Å². The van der Waals surface area contributed by atoms with Gasteiger partial charge in [0.2, 0.25) is 0 Å². The van der Waals surface area contributed by atoms with Crippen molar-refractivity contribution >= 4 is 5.69 Å². The molecule has 2 N–H and O–H groups in total. The van der Waals surface area contributed by atoms with E-state index in [1.54, 1.807) is 12.4 Å². The van der Waals surface area contributed by atoms with Crippen LogP contribution in [0.15, 0.2) is 42.9 Å². The summed E-state index contributed by atoms with van der Waals surface area (Å²) in [5, 5.41) is 14.9. The molecule has 0 spiro atoms. The number of H-pyrrole nitrogens is 1. The average Bonchev–Trinajstić information content (AvgIpc) is 3.33. The van der Waals surface area contributed by atoms with E-state index < -0.39 is 0 Å². The standard InChI is InChI=1S/C17H20N6O/c1-23-15(5-8-21-23)17-12(6-9-24-17)10-19-14-11-20-22-16(14)13-4-2-3-7-18-13/h2-5,7-8,11-12,17,19H,6,9-10H2,1H3,(H,20,22)/t12-,17+/m0/s1. The van der Waals surface area contributed by atoms with Gasteiger partial charge in [-0.1, -0.05) is 6.07 Å². The zero-order valence-electron chi connectivity index (χ0n) is 13.5. The van der Waals surface area contributed by atoms with E-state index in [2.05, 4.69) is 25.6 Å². The highest BCUT2D eigenvalue weighted by Gasteiger charge is 2.31. The number of hydrogen-bond donors (Lipinski definition) is 2. The van der Waals surface area contributed by atoms with E-state index in [0.717, 1.165) is 42.3 Å². The molecule has 124 valence electrons. The number of hydrogen-bond acceptors (Lipinski definition) is 5. The number of ether oxygens (including phenoxy) is 1. The van der Waals surface area contributed by atoms with Crippen molar-refractivity contribution < 1.29 is 4.74 Å². The third-order valence-corrected chi connectivity index (χ3v) is 4.48. The van der Waals surface area contributed by atoms with Crippen molar-refractivity contribution in [3.05, 3.63) is 48.5 Å². The Labute approximate surface area is 140 Å². The number of pyridine rings is 1. The maximum atomic E-state index is 5.94. The lowest BCUT2D eigenvalue weighted by molar-refractivity contribution is 0.0866. The summed E-state index contributed by atoms with van der Waals surface area (Å²) in [7, 11) is 1.96. The second kappa shape index (κ2) is 6.45. The van der Waals surface area contributed by atoms with Crippen LogP contribution in [0.5, 0.6) is 0 Å². The predicted octanol–water partition coefficient (Wildman–Crippen LogP) is 2.39. The highest BCUT2D eigenvalue weighted by Crippen LogP contribution is 2.34. The van der Waals surface area contributed by atoms with Crippen LogP contribution in [0.2, 0.25) is 0 Å². The van der Waals surface area contributed by atoms with E-state index in [-0.39, 0.29) is 6.10 Å². The van der Waals surface area contributed by atoms with Gasteiger partial charge >= 0.3 is 0 Å². The summed E-state index contributed by atoms with van der Waals surface area (Å²) < 4.78 is 7.83. The normalized spacial score (nSPS) is 20.4. The number of aryl methyl sites for hydroxylation is 1. The first-order valence-electron chi connectivity index (χ1n) is 8.11. The van der Waals surface area contributed by atoms with Crippen molar-refractivity contribution in [1.82, 2.24) is 25.0 Å². The van der Waals surface area contributed by atoms with Crippen LogP contribution in [-0.2, 0) is 11.8 Å². The van der Waals surface area contributed by atoms with Gasteiger partial charge in [0, 0.05) is 38.5 Å². The van der Waals surface area contributed by atoms with E-state index in [1.165, 1.54) is 0 Å². The van der Waals surface area contributed by atoms with Crippen molar-refractivity contribution in [1.29, 1.82) is 0 Å². The van der Waals surface area contributed by atoms with Gasteiger partial charge in [-0.2, -0.15) is 10.2 Å². The summed E-state index contributed by atoms with van der Waals surface area (Å²) in [6.07, 6.45) is 6.51. The Morgan fingerprint density at radius 3 is 3.08 bits per heavy atom. The molecule has 0 unspecified atom stereocenters. The molecule has 1 aliphatic rings. The SMILES string of the molecule is Cn1nccc1[C@@H]1OCC[C@H]1CNc1cn[nH]c1-c1ccccn1. The predicted molar refractivity (Wildman–Crippen MR) is 90.3 cm³/mol. The maximum Gasteiger partial charge on any atom is 0.107 e. The molecule has 1 aliphatic heterocycles. The fraction of sp³-hybridized carbons (Fsp3) is 0.353. The van der Waals surface area contributed by atoms with Crippen LogP contribution in [-0.4, -0.2) is 38.1 Å². The van der Waals surface area contributed by atoms with Crippen LogP contribution in [0.4, 0.5) is 5.69 Å². The summed E-state index contributed by atoms with van der Waals surface area (Å²) in [5.74, 6) is 0.395. The highest BCUT2D eigenvalue weighted by atomic mass is 16.5. The Morgan fingerprint density at radius 1 is 1.33 bits per heavy atom. The van der Waals surface area contributed by atoms with Gasteiger partial charge in [0.25, 0.3) is 0 Å². The molecule has 4 rings (SSSR count). The minimum absolute atomic E-state index is 0.0789. The Hall–Kier alpha value is -2.67.